The fraction of sp³-hybridized carbons (Fsp3) is 0.500. The molecule has 0 unspecified atom stereocenters. The molecule has 1 aromatic carbocycles. The average Bonchev–Trinajstić information content (AvgIpc) is 2.98. The number of likely N-dealkylation sites (tertiary alicyclic amines) is 1. The number of carbonyl (C=O) groups excluding carboxylic acids is 1. The van der Waals surface area contributed by atoms with Gasteiger partial charge in [0.25, 0.3) is 0 Å². The van der Waals surface area contributed by atoms with Gasteiger partial charge in [0.1, 0.15) is 17.1 Å². The fourth-order valence-corrected chi connectivity index (χ4v) is 3.66. The number of imidazole rings is 1. The molecule has 1 aliphatic heterocycles. The number of rotatable bonds is 5. The molecule has 7 nitrogen and oxygen atoms in total. The van der Waals surface area contributed by atoms with Crippen molar-refractivity contribution < 1.29 is 19.4 Å². The number of para-hydroxylation sites is 1. The lowest BCUT2D eigenvalue weighted by molar-refractivity contribution is -0.139. The summed E-state index contributed by atoms with van der Waals surface area (Å²) >= 11 is 0. The van der Waals surface area contributed by atoms with Crippen molar-refractivity contribution in [3.8, 4) is 5.75 Å². The second-order valence-electron chi connectivity index (χ2n) is 6.62. The topological polar surface area (TPSA) is 95.5 Å². The summed E-state index contributed by atoms with van der Waals surface area (Å²) in [6.45, 7) is 2.75. The number of nitrogens with zero attached hydrogens (tertiary/aromatic N) is 2. The van der Waals surface area contributed by atoms with Crippen LogP contribution >= 0.6 is 0 Å². The number of aliphatic carboxylic acids is 1. The van der Waals surface area contributed by atoms with Crippen molar-refractivity contribution in [2.45, 2.75) is 26.2 Å². The van der Waals surface area contributed by atoms with Crippen LogP contribution in [0, 0.1) is 11.8 Å². The van der Waals surface area contributed by atoms with Crippen molar-refractivity contribution >= 4 is 22.9 Å². The second-order valence-corrected chi connectivity index (χ2v) is 6.62. The number of carbonyl (C=O) groups is 2. The lowest BCUT2D eigenvalue weighted by Gasteiger charge is -2.37. The van der Waals surface area contributed by atoms with E-state index in [9.17, 15) is 14.7 Å². The smallest absolute Gasteiger partial charge is 0.303 e. The Morgan fingerprint density at radius 3 is 2.88 bits per heavy atom. The Labute approximate surface area is 146 Å². The van der Waals surface area contributed by atoms with Crippen molar-refractivity contribution in [3.05, 3.63) is 24.0 Å². The monoisotopic (exact) mass is 345 g/mol. The van der Waals surface area contributed by atoms with Gasteiger partial charge in [-0.25, -0.2) is 4.98 Å². The number of amides is 1. The lowest BCUT2D eigenvalue weighted by Crippen LogP contribution is -2.44. The number of fused-ring (bicyclic) bond motifs is 1. The van der Waals surface area contributed by atoms with Gasteiger partial charge in [0.05, 0.1) is 12.6 Å². The Hall–Kier alpha value is -2.57. The first-order chi connectivity index (χ1) is 12.0. The molecule has 0 spiro atoms. The Morgan fingerprint density at radius 2 is 2.20 bits per heavy atom. The van der Waals surface area contributed by atoms with E-state index in [1.807, 2.05) is 18.2 Å². The van der Waals surface area contributed by atoms with Crippen LogP contribution in [0.3, 0.4) is 0 Å². The summed E-state index contributed by atoms with van der Waals surface area (Å²) in [6, 6.07) is 5.69. The fourth-order valence-electron chi connectivity index (χ4n) is 3.66. The molecule has 7 heteroatoms. The van der Waals surface area contributed by atoms with Crippen molar-refractivity contribution in [1.82, 2.24) is 14.9 Å². The molecule has 1 saturated heterocycles. The van der Waals surface area contributed by atoms with Crippen molar-refractivity contribution in [3.63, 3.8) is 0 Å². The number of methoxy groups -OCH3 is 1. The van der Waals surface area contributed by atoms with E-state index >= 15 is 0 Å². The van der Waals surface area contributed by atoms with E-state index in [-0.39, 0.29) is 24.2 Å². The first kappa shape index (κ1) is 17.3. The molecule has 2 aromatic rings. The first-order valence-corrected chi connectivity index (χ1v) is 8.46. The molecule has 1 amide bonds. The number of hydrogen-bond donors (Lipinski definition) is 2. The van der Waals surface area contributed by atoms with Crippen LogP contribution in [0.1, 0.15) is 25.6 Å². The van der Waals surface area contributed by atoms with Gasteiger partial charge in [0.2, 0.25) is 5.91 Å². The van der Waals surface area contributed by atoms with Crippen LogP contribution in [-0.2, 0) is 16.0 Å². The third-order valence-electron chi connectivity index (χ3n) is 4.97. The zero-order chi connectivity index (χ0) is 18.0. The highest BCUT2D eigenvalue weighted by Crippen LogP contribution is 2.30. The maximum Gasteiger partial charge on any atom is 0.303 e. The highest BCUT2D eigenvalue weighted by atomic mass is 16.5. The first-order valence-electron chi connectivity index (χ1n) is 8.46. The summed E-state index contributed by atoms with van der Waals surface area (Å²) in [6.07, 6.45) is 1.44. The quantitative estimate of drug-likeness (QED) is 0.865. The SMILES string of the molecule is COc1cccc2[nH]c(C[C@H]3CN(C(C)=O)CC[C@H]3CC(=O)O)nc12. The van der Waals surface area contributed by atoms with E-state index < -0.39 is 5.97 Å². The molecule has 1 fully saturated rings. The summed E-state index contributed by atoms with van der Waals surface area (Å²) < 4.78 is 5.34. The highest BCUT2D eigenvalue weighted by molar-refractivity contribution is 5.81. The minimum atomic E-state index is -0.794. The molecule has 2 atom stereocenters. The normalized spacial score (nSPS) is 20.6. The predicted octanol–water partition coefficient (Wildman–Crippen LogP) is 2.07. The summed E-state index contributed by atoms with van der Waals surface area (Å²) in [5.41, 5.74) is 1.66. The minimum absolute atomic E-state index is 0.0325. The zero-order valence-corrected chi connectivity index (χ0v) is 14.5. The summed E-state index contributed by atoms with van der Waals surface area (Å²) in [5.74, 6) is 0.854. The number of aromatic nitrogens is 2. The molecule has 2 N–H and O–H groups in total. The van der Waals surface area contributed by atoms with Crippen LogP contribution in [-0.4, -0.2) is 52.1 Å². The number of H-pyrrole nitrogens is 1. The average molecular weight is 345 g/mol. The molecular weight excluding hydrogens is 322 g/mol. The van der Waals surface area contributed by atoms with Gasteiger partial charge >= 0.3 is 5.97 Å². The van der Waals surface area contributed by atoms with Gasteiger partial charge in [-0.2, -0.15) is 0 Å². The number of carboxylic acid groups (broad SMARTS) is 1. The maximum atomic E-state index is 11.7. The molecule has 0 bridgehead atoms. The van der Waals surface area contributed by atoms with Crippen LogP contribution in [0.5, 0.6) is 5.75 Å². The summed E-state index contributed by atoms with van der Waals surface area (Å²) in [4.78, 5) is 32.6. The number of benzene rings is 1. The third-order valence-corrected chi connectivity index (χ3v) is 4.97. The highest BCUT2D eigenvalue weighted by Gasteiger charge is 2.32. The van der Waals surface area contributed by atoms with E-state index in [1.54, 1.807) is 18.9 Å². The Morgan fingerprint density at radius 1 is 1.40 bits per heavy atom. The molecule has 3 rings (SSSR count). The molecule has 1 aliphatic rings. The largest absolute Gasteiger partial charge is 0.494 e. The van der Waals surface area contributed by atoms with E-state index in [2.05, 4.69) is 9.97 Å². The zero-order valence-electron chi connectivity index (χ0n) is 14.5. The number of aromatic amines is 1. The number of carboxylic acids is 1. The van der Waals surface area contributed by atoms with Gasteiger partial charge < -0.3 is 19.7 Å². The van der Waals surface area contributed by atoms with E-state index in [0.717, 1.165) is 16.9 Å². The lowest BCUT2D eigenvalue weighted by atomic mass is 9.81. The van der Waals surface area contributed by atoms with Gasteiger partial charge in [0, 0.05) is 32.9 Å². The van der Waals surface area contributed by atoms with E-state index in [0.29, 0.717) is 31.7 Å². The molecule has 0 aliphatic carbocycles. The van der Waals surface area contributed by atoms with Crippen LogP contribution in [0.25, 0.3) is 11.0 Å². The summed E-state index contributed by atoms with van der Waals surface area (Å²) in [5, 5.41) is 9.19. The van der Waals surface area contributed by atoms with Crippen molar-refractivity contribution in [1.29, 1.82) is 0 Å². The number of ether oxygens (including phenoxy) is 1. The standard InChI is InChI=1S/C18H23N3O4/c1-11(22)21-7-6-12(9-17(23)24)13(10-21)8-16-19-14-4-3-5-15(25-2)18(14)20-16/h3-5,12-13H,6-10H2,1-2H3,(H,19,20)(H,23,24)/t12-,13-/m0/s1. The Balaban J connectivity index is 1.83. The van der Waals surface area contributed by atoms with Crippen LogP contribution in [0.2, 0.25) is 0 Å². The Kier molecular flexibility index (Phi) is 4.92. The van der Waals surface area contributed by atoms with Crippen LogP contribution < -0.4 is 4.74 Å². The molecule has 0 saturated carbocycles. The molecule has 2 heterocycles. The van der Waals surface area contributed by atoms with E-state index in [1.165, 1.54) is 0 Å². The summed E-state index contributed by atoms with van der Waals surface area (Å²) in [7, 11) is 1.61. The predicted molar refractivity (Wildman–Crippen MR) is 92.5 cm³/mol. The molecule has 0 radical (unpaired) electrons. The van der Waals surface area contributed by atoms with Gasteiger partial charge in [-0.05, 0) is 30.4 Å². The van der Waals surface area contributed by atoms with E-state index in [4.69, 9.17) is 4.74 Å². The number of piperidine rings is 1. The van der Waals surface area contributed by atoms with Gasteiger partial charge in [-0.3, -0.25) is 9.59 Å². The molecule has 134 valence electrons. The minimum Gasteiger partial charge on any atom is -0.494 e. The second kappa shape index (κ2) is 7.13. The molecular formula is C18H23N3O4. The Bertz CT molecular complexity index is 786. The maximum absolute atomic E-state index is 11.7. The molecule has 1 aromatic heterocycles. The van der Waals surface area contributed by atoms with Crippen molar-refractivity contribution in [2.24, 2.45) is 11.8 Å². The van der Waals surface area contributed by atoms with Gasteiger partial charge in [0.15, 0.2) is 0 Å². The number of hydrogen-bond acceptors (Lipinski definition) is 4. The number of nitrogens with one attached hydrogen (secondary N) is 1. The third kappa shape index (κ3) is 3.75. The van der Waals surface area contributed by atoms with Crippen molar-refractivity contribution in [2.75, 3.05) is 20.2 Å². The van der Waals surface area contributed by atoms with Crippen LogP contribution in [0.4, 0.5) is 0 Å². The molecule has 25 heavy (non-hydrogen) atoms. The van der Waals surface area contributed by atoms with Crippen LogP contribution in [0.15, 0.2) is 18.2 Å². The van der Waals surface area contributed by atoms with Gasteiger partial charge in [-0.15, -0.1) is 0 Å². The van der Waals surface area contributed by atoms with Gasteiger partial charge in [-0.1, -0.05) is 6.07 Å².